The van der Waals surface area contributed by atoms with Crippen LogP contribution in [0.4, 0.5) is 4.79 Å². The molecule has 0 spiro atoms. The minimum absolute atomic E-state index is 0.150. The van der Waals surface area contributed by atoms with Gasteiger partial charge in [-0.15, -0.1) is 0 Å². The van der Waals surface area contributed by atoms with Crippen LogP contribution in [0.2, 0.25) is 0 Å². The maximum atomic E-state index is 12.7. The molecular weight excluding hydrogens is 288 g/mol. The van der Waals surface area contributed by atoms with E-state index in [0.717, 1.165) is 17.5 Å². The zero-order chi connectivity index (χ0) is 16.4. The first kappa shape index (κ1) is 15.5. The van der Waals surface area contributed by atoms with Crippen molar-refractivity contribution in [2.24, 2.45) is 0 Å². The standard InChI is InChI=1S/C19H22N2O2/c1-19(2,3)23-18(22)21-12-10-14-7-4-5-9-16(14)17(21)15-8-6-11-20-13-15/h4-9,11,13,17H,10,12H2,1-3H3. The number of benzene rings is 1. The molecule has 0 radical (unpaired) electrons. The minimum Gasteiger partial charge on any atom is -0.444 e. The lowest BCUT2D eigenvalue weighted by Gasteiger charge is -2.38. The Balaban J connectivity index is 2.01. The smallest absolute Gasteiger partial charge is 0.411 e. The van der Waals surface area contributed by atoms with Crippen molar-refractivity contribution in [3.05, 3.63) is 65.5 Å². The summed E-state index contributed by atoms with van der Waals surface area (Å²) in [6.45, 7) is 6.32. The van der Waals surface area contributed by atoms with Crippen LogP contribution in [0.15, 0.2) is 48.8 Å². The number of amides is 1. The van der Waals surface area contributed by atoms with Crippen molar-refractivity contribution in [1.82, 2.24) is 9.88 Å². The van der Waals surface area contributed by atoms with Crippen LogP contribution < -0.4 is 0 Å². The van der Waals surface area contributed by atoms with Crippen LogP contribution in [0.1, 0.15) is 43.5 Å². The average Bonchev–Trinajstić information content (AvgIpc) is 2.53. The van der Waals surface area contributed by atoms with E-state index in [1.165, 1.54) is 5.56 Å². The van der Waals surface area contributed by atoms with Crippen LogP contribution in [0.5, 0.6) is 0 Å². The van der Waals surface area contributed by atoms with E-state index in [1.54, 1.807) is 6.20 Å². The molecule has 0 aliphatic carbocycles. The first-order chi connectivity index (χ1) is 11.0. The zero-order valence-corrected chi connectivity index (χ0v) is 13.8. The van der Waals surface area contributed by atoms with Crippen LogP contribution in [0.25, 0.3) is 0 Å². The van der Waals surface area contributed by atoms with Gasteiger partial charge >= 0.3 is 6.09 Å². The molecular formula is C19H22N2O2. The van der Waals surface area contributed by atoms with Gasteiger partial charge in [0.2, 0.25) is 0 Å². The Labute approximate surface area is 137 Å². The molecule has 0 saturated carbocycles. The number of fused-ring (bicyclic) bond motifs is 1. The third-order valence-corrected chi connectivity index (χ3v) is 3.91. The molecule has 1 aromatic carbocycles. The molecule has 1 atom stereocenters. The van der Waals surface area contributed by atoms with Gasteiger partial charge in [0.05, 0.1) is 6.04 Å². The van der Waals surface area contributed by atoms with Crippen molar-refractivity contribution in [2.45, 2.75) is 38.8 Å². The number of ether oxygens (including phenoxy) is 1. The van der Waals surface area contributed by atoms with E-state index >= 15 is 0 Å². The Morgan fingerprint density at radius 1 is 1.22 bits per heavy atom. The highest BCUT2D eigenvalue weighted by Gasteiger charge is 2.34. The van der Waals surface area contributed by atoms with Gasteiger partial charge in [0.15, 0.2) is 0 Å². The quantitative estimate of drug-likeness (QED) is 0.800. The summed E-state index contributed by atoms with van der Waals surface area (Å²) in [5.74, 6) is 0. The van der Waals surface area contributed by atoms with Gasteiger partial charge in [-0.25, -0.2) is 4.79 Å². The third kappa shape index (κ3) is 3.36. The molecule has 4 nitrogen and oxygen atoms in total. The normalized spacial score (nSPS) is 17.5. The van der Waals surface area contributed by atoms with Gasteiger partial charge in [-0.1, -0.05) is 30.3 Å². The Kier molecular flexibility index (Phi) is 4.07. The van der Waals surface area contributed by atoms with E-state index < -0.39 is 5.60 Å². The van der Waals surface area contributed by atoms with Crippen molar-refractivity contribution in [2.75, 3.05) is 6.54 Å². The number of pyridine rings is 1. The second-order valence-electron chi connectivity index (χ2n) is 6.81. The van der Waals surface area contributed by atoms with Gasteiger partial charge in [-0.2, -0.15) is 0 Å². The molecule has 1 amide bonds. The molecule has 2 aromatic rings. The zero-order valence-electron chi connectivity index (χ0n) is 13.8. The van der Waals surface area contributed by atoms with Crippen LogP contribution in [0, 0.1) is 0 Å². The highest BCUT2D eigenvalue weighted by Crippen LogP contribution is 2.35. The van der Waals surface area contributed by atoms with Crippen molar-refractivity contribution in [3.8, 4) is 0 Å². The second-order valence-corrected chi connectivity index (χ2v) is 6.81. The molecule has 1 aromatic heterocycles. The summed E-state index contributed by atoms with van der Waals surface area (Å²) in [6.07, 6.45) is 4.13. The van der Waals surface area contributed by atoms with Crippen LogP contribution in [0.3, 0.4) is 0 Å². The molecule has 1 aliphatic heterocycles. The monoisotopic (exact) mass is 310 g/mol. The Bertz CT molecular complexity index is 692. The lowest BCUT2D eigenvalue weighted by Crippen LogP contribution is -2.43. The summed E-state index contributed by atoms with van der Waals surface area (Å²) in [4.78, 5) is 18.7. The Hall–Kier alpha value is -2.36. The van der Waals surface area contributed by atoms with Gasteiger partial charge in [0, 0.05) is 18.9 Å². The van der Waals surface area contributed by atoms with Gasteiger partial charge in [-0.05, 0) is 49.9 Å². The van der Waals surface area contributed by atoms with Gasteiger partial charge < -0.3 is 4.74 Å². The molecule has 2 heterocycles. The highest BCUT2D eigenvalue weighted by molar-refractivity contribution is 5.70. The van der Waals surface area contributed by atoms with Crippen LogP contribution in [-0.4, -0.2) is 28.1 Å². The number of hydrogen-bond donors (Lipinski definition) is 0. The van der Waals surface area contributed by atoms with E-state index in [-0.39, 0.29) is 12.1 Å². The molecule has 0 fully saturated rings. The summed E-state index contributed by atoms with van der Waals surface area (Å²) >= 11 is 0. The number of carbonyl (C=O) groups is 1. The van der Waals surface area contributed by atoms with Crippen molar-refractivity contribution >= 4 is 6.09 Å². The van der Waals surface area contributed by atoms with Crippen molar-refractivity contribution in [1.29, 1.82) is 0 Å². The first-order valence-electron chi connectivity index (χ1n) is 7.93. The maximum absolute atomic E-state index is 12.7. The summed E-state index contributed by atoms with van der Waals surface area (Å²) in [5, 5.41) is 0. The molecule has 0 saturated heterocycles. The number of aromatic nitrogens is 1. The molecule has 1 aliphatic rings. The van der Waals surface area contributed by atoms with E-state index in [0.29, 0.717) is 6.54 Å². The molecule has 23 heavy (non-hydrogen) atoms. The van der Waals surface area contributed by atoms with Gasteiger partial charge in [-0.3, -0.25) is 9.88 Å². The van der Waals surface area contributed by atoms with E-state index in [9.17, 15) is 4.79 Å². The maximum Gasteiger partial charge on any atom is 0.411 e. The summed E-state index contributed by atoms with van der Waals surface area (Å²) in [5.41, 5.74) is 2.93. The van der Waals surface area contributed by atoms with Crippen molar-refractivity contribution in [3.63, 3.8) is 0 Å². The fourth-order valence-electron chi connectivity index (χ4n) is 2.98. The third-order valence-electron chi connectivity index (χ3n) is 3.91. The van der Waals surface area contributed by atoms with Crippen LogP contribution >= 0.6 is 0 Å². The molecule has 0 bridgehead atoms. The predicted octanol–water partition coefficient (Wildman–Crippen LogP) is 3.96. The average molecular weight is 310 g/mol. The number of hydrogen-bond acceptors (Lipinski definition) is 3. The molecule has 3 rings (SSSR count). The fraction of sp³-hybridized carbons (Fsp3) is 0.368. The fourth-order valence-corrected chi connectivity index (χ4v) is 2.98. The Morgan fingerprint density at radius 3 is 2.70 bits per heavy atom. The lowest BCUT2D eigenvalue weighted by molar-refractivity contribution is 0.0178. The predicted molar refractivity (Wildman–Crippen MR) is 89.2 cm³/mol. The minimum atomic E-state index is -0.506. The first-order valence-corrected chi connectivity index (χ1v) is 7.93. The van der Waals surface area contributed by atoms with E-state index in [2.05, 4.69) is 17.1 Å². The SMILES string of the molecule is CC(C)(C)OC(=O)N1CCc2ccccc2C1c1cccnc1. The van der Waals surface area contributed by atoms with E-state index in [4.69, 9.17) is 4.74 Å². The number of nitrogens with zero attached hydrogens (tertiary/aromatic N) is 2. The topological polar surface area (TPSA) is 42.4 Å². The molecule has 1 unspecified atom stereocenters. The molecule has 120 valence electrons. The molecule has 4 heteroatoms. The summed E-state index contributed by atoms with van der Waals surface area (Å²) in [6, 6.07) is 12.0. The highest BCUT2D eigenvalue weighted by atomic mass is 16.6. The van der Waals surface area contributed by atoms with Crippen LogP contribution in [-0.2, 0) is 11.2 Å². The second kappa shape index (κ2) is 6.03. The number of carbonyl (C=O) groups excluding carboxylic acids is 1. The Morgan fingerprint density at radius 2 is 2.00 bits per heavy atom. The van der Waals surface area contributed by atoms with Crippen molar-refractivity contribution < 1.29 is 9.53 Å². The van der Waals surface area contributed by atoms with Gasteiger partial charge in [0.1, 0.15) is 5.60 Å². The number of rotatable bonds is 1. The largest absolute Gasteiger partial charge is 0.444 e. The van der Waals surface area contributed by atoms with E-state index in [1.807, 2.05) is 56.1 Å². The van der Waals surface area contributed by atoms with Gasteiger partial charge in [0.25, 0.3) is 0 Å². The molecule has 0 N–H and O–H groups in total. The summed E-state index contributed by atoms with van der Waals surface area (Å²) < 4.78 is 5.61. The lowest BCUT2D eigenvalue weighted by atomic mass is 9.89. The summed E-state index contributed by atoms with van der Waals surface area (Å²) in [7, 11) is 0.